The van der Waals surface area contributed by atoms with Crippen LogP contribution in [0, 0.1) is 11.3 Å². The SMILES string of the molecule is CC(CNC(=O)Nc1ccc(OCC#N)cc1)c1ccccc1. The highest BCUT2D eigenvalue weighted by atomic mass is 16.5. The molecule has 5 heteroatoms. The minimum Gasteiger partial charge on any atom is -0.479 e. The van der Waals surface area contributed by atoms with Gasteiger partial charge in [-0.1, -0.05) is 37.3 Å². The highest BCUT2D eigenvalue weighted by Crippen LogP contribution is 2.16. The number of nitrogens with one attached hydrogen (secondary N) is 2. The van der Waals surface area contributed by atoms with Gasteiger partial charge < -0.3 is 15.4 Å². The number of nitriles is 1. The van der Waals surface area contributed by atoms with E-state index in [1.807, 2.05) is 36.4 Å². The maximum atomic E-state index is 11.9. The quantitative estimate of drug-likeness (QED) is 0.857. The number of nitrogens with zero attached hydrogens (tertiary/aromatic N) is 1. The van der Waals surface area contributed by atoms with Crippen LogP contribution in [0.4, 0.5) is 10.5 Å². The molecule has 0 aliphatic rings. The third kappa shape index (κ3) is 5.36. The molecule has 0 radical (unpaired) electrons. The first-order chi connectivity index (χ1) is 11.2. The van der Waals surface area contributed by atoms with Gasteiger partial charge in [0.05, 0.1) is 0 Å². The molecule has 0 saturated carbocycles. The molecule has 118 valence electrons. The van der Waals surface area contributed by atoms with E-state index < -0.39 is 0 Å². The van der Waals surface area contributed by atoms with Gasteiger partial charge in [-0.15, -0.1) is 0 Å². The van der Waals surface area contributed by atoms with E-state index in [9.17, 15) is 4.79 Å². The van der Waals surface area contributed by atoms with Gasteiger partial charge in [-0.2, -0.15) is 5.26 Å². The van der Waals surface area contributed by atoms with Crippen molar-refractivity contribution in [1.29, 1.82) is 5.26 Å². The van der Waals surface area contributed by atoms with Crippen molar-refractivity contribution in [3.63, 3.8) is 0 Å². The molecule has 0 saturated heterocycles. The van der Waals surface area contributed by atoms with Crippen LogP contribution in [0.3, 0.4) is 0 Å². The molecule has 0 aliphatic carbocycles. The fraction of sp³-hybridized carbons (Fsp3) is 0.222. The zero-order chi connectivity index (χ0) is 16.5. The van der Waals surface area contributed by atoms with Crippen molar-refractivity contribution in [3.8, 4) is 11.8 Å². The number of anilines is 1. The minimum atomic E-state index is -0.251. The summed E-state index contributed by atoms with van der Waals surface area (Å²) in [5, 5.41) is 14.1. The number of hydrogen-bond donors (Lipinski definition) is 2. The van der Waals surface area contributed by atoms with Crippen LogP contribution in [0.2, 0.25) is 0 Å². The average Bonchev–Trinajstić information content (AvgIpc) is 2.60. The lowest BCUT2D eigenvalue weighted by Gasteiger charge is -2.14. The van der Waals surface area contributed by atoms with E-state index in [4.69, 9.17) is 10.00 Å². The zero-order valence-electron chi connectivity index (χ0n) is 13.0. The second kappa shape index (κ2) is 8.44. The molecule has 5 nitrogen and oxygen atoms in total. The fourth-order valence-corrected chi connectivity index (χ4v) is 2.07. The van der Waals surface area contributed by atoms with Crippen LogP contribution in [-0.2, 0) is 0 Å². The summed E-state index contributed by atoms with van der Waals surface area (Å²) in [7, 11) is 0. The molecule has 0 aliphatic heterocycles. The Morgan fingerprint density at radius 2 is 1.87 bits per heavy atom. The van der Waals surface area contributed by atoms with Crippen LogP contribution < -0.4 is 15.4 Å². The highest BCUT2D eigenvalue weighted by Gasteiger charge is 2.07. The second-order valence-corrected chi connectivity index (χ2v) is 5.12. The van der Waals surface area contributed by atoms with E-state index in [-0.39, 0.29) is 18.6 Å². The molecule has 1 unspecified atom stereocenters. The molecule has 0 spiro atoms. The Kier molecular flexibility index (Phi) is 6.01. The summed E-state index contributed by atoms with van der Waals surface area (Å²) in [5.41, 5.74) is 1.85. The molecular formula is C18H19N3O2. The number of carbonyl (C=O) groups is 1. The third-order valence-electron chi connectivity index (χ3n) is 3.35. The fourth-order valence-electron chi connectivity index (χ4n) is 2.07. The number of rotatable bonds is 6. The molecule has 2 rings (SSSR count). The molecule has 0 aromatic heterocycles. The number of hydrogen-bond acceptors (Lipinski definition) is 3. The molecule has 1 atom stereocenters. The lowest BCUT2D eigenvalue weighted by atomic mass is 10.0. The Morgan fingerprint density at radius 1 is 1.17 bits per heavy atom. The third-order valence-corrected chi connectivity index (χ3v) is 3.35. The molecular weight excluding hydrogens is 290 g/mol. The Bertz CT molecular complexity index is 663. The van der Waals surface area contributed by atoms with Crippen LogP contribution in [-0.4, -0.2) is 19.2 Å². The van der Waals surface area contributed by atoms with Gasteiger partial charge in [0.2, 0.25) is 0 Å². The summed E-state index contributed by atoms with van der Waals surface area (Å²) in [4.78, 5) is 11.9. The normalized spacial score (nSPS) is 11.1. The van der Waals surface area contributed by atoms with Crippen LogP contribution >= 0.6 is 0 Å². The van der Waals surface area contributed by atoms with E-state index in [2.05, 4.69) is 17.6 Å². The molecule has 0 bridgehead atoms. The van der Waals surface area contributed by atoms with E-state index in [1.165, 1.54) is 5.56 Å². The van der Waals surface area contributed by atoms with Crippen molar-refractivity contribution in [2.24, 2.45) is 0 Å². The van der Waals surface area contributed by atoms with E-state index in [0.717, 1.165) is 0 Å². The minimum absolute atomic E-state index is 0.00460. The van der Waals surface area contributed by atoms with Gasteiger partial charge >= 0.3 is 6.03 Å². The summed E-state index contributed by atoms with van der Waals surface area (Å²) in [6, 6.07) is 18.6. The average molecular weight is 309 g/mol. The van der Waals surface area contributed by atoms with Gasteiger partial charge in [-0.3, -0.25) is 0 Å². The van der Waals surface area contributed by atoms with Crippen molar-refractivity contribution in [3.05, 3.63) is 60.2 Å². The van der Waals surface area contributed by atoms with E-state index in [0.29, 0.717) is 18.0 Å². The lowest BCUT2D eigenvalue weighted by molar-refractivity contribution is 0.251. The van der Waals surface area contributed by atoms with E-state index >= 15 is 0 Å². The first-order valence-corrected chi connectivity index (χ1v) is 7.38. The van der Waals surface area contributed by atoms with Crippen molar-refractivity contribution >= 4 is 11.7 Å². The van der Waals surface area contributed by atoms with Gasteiger partial charge in [-0.25, -0.2) is 4.79 Å². The predicted octanol–water partition coefficient (Wildman–Crippen LogP) is 3.51. The van der Waals surface area contributed by atoms with Gasteiger partial charge in [0.25, 0.3) is 0 Å². The zero-order valence-corrected chi connectivity index (χ0v) is 13.0. The molecule has 2 N–H and O–H groups in total. The van der Waals surface area contributed by atoms with Crippen LogP contribution in [0.1, 0.15) is 18.4 Å². The van der Waals surface area contributed by atoms with E-state index in [1.54, 1.807) is 24.3 Å². The summed E-state index contributed by atoms with van der Waals surface area (Å²) >= 11 is 0. The maximum absolute atomic E-state index is 11.9. The van der Waals surface area contributed by atoms with Crippen molar-refractivity contribution in [1.82, 2.24) is 5.32 Å². The monoisotopic (exact) mass is 309 g/mol. The first-order valence-electron chi connectivity index (χ1n) is 7.38. The maximum Gasteiger partial charge on any atom is 0.319 e. The molecule has 2 amide bonds. The van der Waals surface area contributed by atoms with Crippen LogP contribution in [0.5, 0.6) is 5.75 Å². The molecule has 0 fully saturated rings. The van der Waals surface area contributed by atoms with Gasteiger partial charge in [0.1, 0.15) is 11.8 Å². The molecule has 23 heavy (non-hydrogen) atoms. The van der Waals surface area contributed by atoms with Crippen molar-refractivity contribution in [2.45, 2.75) is 12.8 Å². The standard InChI is InChI=1S/C18H19N3O2/c1-14(15-5-3-2-4-6-15)13-20-18(22)21-16-7-9-17(10-8-16)23-12-11-19/h2-10,14H,12-13H2,1H3,(H2,20,21,22). The summed E-state index contributed by atoms with van der Waals surface area (Å²) in [6.07, 6.45) is 0. The second-order valence-electron chi connectivity index (χ2n) is 5.12. The van der Waals surface area contributed by atoms with Crippen molar-refractivity contribution in [2.75, 3.05) is 18.5 Å². The van der Waals surface area contributed by atoms with Gasteiger partial charge in [0.15, 0.2) is 6.61 Å². The Balaban J connectivity index is 1.79. The number of ether oxygens (including phenoxy) is 1. The number of urea groups is 1. The lowest BCUT2D eigenvalue weighted by Crippen LogP contribution is -2.31. The Labute approximate surface area is 135 Å². The summed E-state index contributed by atoms with van der Waals surface area (Å²) in [6.45, 7) is 2.63. The predicted molar refractivity (Wildman–Crippen MR) is 89.4 cm³/mol. The number of amides is 2. The Morgan fingerprint density at radius 3 is 2.52 bits per heavy atom. The number of benzene rings is 2. The summed E-state index contributed by atoms with van der Waals surface area (Å²) < 4.78 is 5.15. The molecule has 2 aromatic carbocycles. The number of carbonyl (C=O) groups excluding carboxylic acids is 1. The molecule has 2 aromatic rings. The highest BCUT2D eigenvalue weighted by molar-refractivity contribution is 5.89. The largest absolute Gasteiger partial charge is 0.479 e. The van der Waals surface area contributed by atoms with Gasteiger partial charge in [0, 0.05) is 12.2 Å². The van der Waals surface area contributed by atoms with Crippen LogP contribution in [0.15, 0.2) is 54.6 Å². The first kappa shape index (κ1) is 16.4. The Hall–Kier alpha value is -3.00. The van der Waals surface area contributed by atoms with Gasteiger partial charge in [-0.05, 0) is 35.7 Å². The smallest absolute Gasteiger partial charge is 0.319 e. The topological polar surface area (TPSA) is 74.2 Å². The van der Waals surface area contributed by atoms with Crippen molar-refractivity contribution < 1.29 is 9.53 Å². The molecule has 0 heterocycles. The van der Waals surface area contributed by atoms with Crippen LogP contribution in [0.25, 0.3) is 0 Å². The summed E-state index contributed by atoms with van der Waals surface area (Å²) in [5.74, 6) is 0.832.